The van der Waals surface area contributed by atoms with Gasteiger partial charge in [-0.2, -0.15) is 0 Å². The highest BCUT2D eigenvalue weighted by Gasteiger charge is 2.30. The van der Waals surface area contributed by atoms with E-state index in [1.165, 1.54) is 19.3 Å². The standard InChI is InChI=1S/C15H30N2O2/c1-4-10-17-15(3,14(16)18)9-11-19-13-8-6-5-7-12(13)2/h12-13,17H,4-11H2,1-3H3,(H2,16,18). The fraction of sp³-hybridized carbons (Fsp3) is 0.933. The van der Waals surface area contributed by atoms with Gasteiger partial charge < -0.3 is 15.8 Å². The molecule has 0 aromatic carbocycles. The summed E-state index contributed by atoms with van der Waals surface area (Å²) in [6, 6.07) is 0. The molecule has 0 heterocycles. The third kappa shape index (κ3) is 5.11. The van der Waals surface area contributed by atoms with Gasteiger partial charge in [0.25, 0.3) is 0 Å². The lowest BCUT2D eigenvalue weighted by molar-refractivity contribution is -0.125. The number of rotatable bonds is 8. The number of ether oxygens (including phenoxy) is 1. The molecule has 1 rings (SSSR count). The quantitative estimate of drug-likeness (QED) is 0.711. The molecule has 1 amide bonds. The molecule has 3 unspecified atom stereocenters. The van der Waals surface area contributed by atoms with Gasteiger partial charge in [0, 0.05) is 6.61 Å². The first kappa shape index (κ1) is 16.4. The van der Waals surface area contributed by atoms with Gasteiger partial charge in [0.1, 0.15) is 0 Å². The van der Waals surface area contributed by atoms with Gasteiger partial charge in [0.2, 0.25) is 5.91 Å². The molecule has 0 saturated heterocycles. The topological polar surface area (TPSA) is 64.3 Å². The Morgan fingerprint density at radius 3 is 2.68 bits per heavy atom. The lowest BCUT2D eigenvalue weighted by Gasteiger charge is -2.31. The SMILES string of the molecule is CCCNC(C)(CCOC1CCCCC1C)C(N)=O. The summed E-state index contributed by atoms with van der Waals surface area (Å²) >= 11 is 0. The molecular weight excluding hydrogens is 240 g/mol. The predicted molar refractivity (Wildman–Crippen MR) is 77.9 cm³/mol. The molecule has 0 aliphatic heterocycles. The number of hydrogen-bond donors (Lipinski definition) is 2. The third-order valence-corrected chi connectivity index (χ3v) is 4.28. The van der Waals surface area contributed by atoms with E-state index in [0.717, 1.165) is 19.4 Å². The van der Waals surface area contributed by atoms with Crippen molar-refractivity contribution in [2.75, 3.05) is 13.2 Å². The molecular formula is C15H30N2O2. The van der Waals surface area contributed by atoms with Crippen molar-refractivity contribution in [3.05, 3.63) is 0 Å². The summed E-state index contributed by atoms with van der Waals surface area (Å²) in [5.74, 6) is 0.346. The van der Waals surface area contributed by atoms with Crippen LogP contribution in [0.5, 0.6) is 0 Å². The number of carbonyl (C=O) groups excluding carboxylic acids is 1. The van der Waals surface area contributed by atoms with Crippen molar-refractivity contribution in [3.63, 3.8) is 0 Å². The van der Waals surface area contributed by atoms with E-state index in [1.54, 1.807) is 0 Å². The van der Waals surface area contributed by atoms with Crippen LogP contribution >= 0.6 is 0 Å². The van der Waals surface area contributed by atoms with Crippen molar-refractivity contribution in [1.29, 1.82) is 0 Å². The average molecular weight is 270 g/mol. The smallest absolute Gasteiger partial charge is 0.237 e. The maximum absolute atomic E-state index is 11.6. The molecule has 3 atom stereocenters. The maximum Gasteiger partial charge on any atom is 0.237 e. The number of carbonyl (C=O) groups is 1. The Kier molecular flexibility index (Phi) is 6.80. The maximum atomic E-state index is 11.6. The monoisotopic (exact) mass is 270 g/mol. The van der Waals surface area contributed by atoms with Crippen LogP contribution in [0.15, 0.2) is 0 Å². The fourth-order valence-corrected chi connectivity index (χ4v) is 2.64. The molecule has 1 aliphatic carbocycles. The normalized spacial score (nSPS) is 26.9. The van der Waals surface area contributed by atoms with Crippen molar-refractivity contribution in [2.45, 2.75) is 70.9 Å². The van der Waals surface area contributed by atoms with Crippen molar-refractivity contribution in [1.82, 2.24) is 5.32 Å². The van der Waals surface area contributed by atoms with E-state index in [-0.39, 0.29) is 5.91 Å². The van der Waals surface area contributed by atoms with Gasteiger partial charge in [0.05, 0.1) is 11.6 Å². The Balaban J connectivity index is 2.37. The van der Waals surface area contributed by atoms with Crippen LogP contribution < -0.4 is 11.1 Å². The molecule has 3 N–H and O–H groups in total. The lowest BCUT2D eigenvalue weighted by atomic mass is 9.88. The molecule has 112 valence electrons. The van der Waals surface area contributed by atoms with Crippen LogP contribution in [0.2, 0.25) is 0 Å². The van der Waals surface area contributed by atoms with E-state index in [4.69, 9.17) is 10.5 Å². The fourth-order valence-electron chi connectivity index (χ4n) is 2.64. The molecule has 0 aromatic rings. The van der Waals surface area contributed by atoms with Gasteiger partial charge in [-0.1, -0.05) is 26.7 Å². The van der Waals surface area contributed by atoms with Crippen LogP contribution in [0.4, 0.5) is 0 Å². The molecule has 0 aromatic heterocycles. The predicted octanol–water partition coefficient (Wildman–Crippen LogP) is 2.22. The van der Waals surface area contributed by atoms with Crippen LogP contribution in [-0.4, -0.2) is 30.7 Å². The Hall–Kier alpha value is -0.610. The zero-order valence-corrected chi connectivity index (χ0v) is 12.7. The lowest BCUT2D eigenvalue weighted by Crippen LogP contribution is -2.54. The van der Waals surface area contributed by atoms with E-state index in [2.05, 4.69) is 19.2 Å². The summed E-state index contributed by atoms with van der Waals surface area (Å²) in [5.41, 5.74) is 4.86. The highest BCUT2D eigenvalue weighted by molar-refractivity contribution is 5.84. The molecule has 19 heavy (non-hydrogen) atoms. The third-order valence-electron chi connectivity index (χ3n) is 4.28. The van der Waals surface area contributed by atoms with E-state index < -0.39 is 5.54 Å². The Morgan fingerprint density at radius 2 is 2.11 bits per heavy atom. The van der Waals surface area contributed by atoms with Crippen LogP contribution in [0.3, 0.4) is 0 Å². The van der Waals surface area contributed by atoms with Gasteiger partial charge in [-0.15, -0.1) is 0 Å². The van der Waals surface area contributed by atoms with Crippen molar-refractivity contribution >= 4 is 5.91 Å². The molecule has 4 heteroatoms. The number of amides is 1. The Bertz CT molecular complexity index is 283. The van der Waals surface area contributed by atoms with Gasteiger partial charge in [-0.3, -0.25) is 4.79 Å². The summed E-state index contributed by atoms with van der Waals surface area (Å²) in [4.78, 5) is 11.6. The van der Waals surface area contributed by atoms with Gasteiger partial charge >= 0.3 is 0 Å². The van der Waals surface area contributed by atoms with Gasteiger partial charge in [0.15, 0.2) is 0 Å². The first-order valence-corrected chi connectivity index (χ1v) is 7.66. The van der Waals surface area contributed by atoms with Crippen LogP contribution in [-0.2, 0) is 9.53 Å². The first-order valence-electron chi connectivity index (χ1n) is 7.66. The minimum atomic E-state index is -0.645. The molecule has 1 saturated carbocycles. The van der Waals surface area contributed by atoms with E-state index in [0.29, 0.717) is 25.0 Å². The summed E-state index contributed by atoms with van der Waals surface area (Å²) in [7, 11) is 0. The minimum absolute atomic E-state index is 0.291. The zero-order chi connectivity index (χ0) is 14.3. The summed E-state index contributed by atoms with van der Waals surface area (Å²) in [6.45, 7) is 7.62. The second kappa shape index (κ2) is 7.85. The molecule has 4 nitrogen and oxygen atoms in total. The molecule has 1 aliphatic rings. The van der Waals surface area contributed by atoms with Crippen LogP contribution in [0, 0.1) is 5.92 Å². The minimum Gasteiger partial charge on any atom is -0.378 e. The van der Waals surface area contributed by atoms with E-state index >= 15 is 0 Å². The number of hydrogen-bond acceptors (Lipinski definition) is 3. The number of primary amides is 1. The summed E-state index contributed by atoms with van der Waals surface area (Å²) in [5, 5.41) is 3.24. The van der Waals surface area contributed by atoms with Crippen molar-refractivity contribution < 1.29 is 9.53 Å². The highest BCUT2D eigenvalue weighted by Crippen LogP contribution is 2.26. The average Bonchev–Trinajstić information content (AvgIpc) is 2.38. The molecule has 0 radical (unpaired) electrons. The number of nitrogens with one attached hydrogen (secondary N) is 1. The summed E-state index contributed by atoms with van der Waals surface area (Å²) in [6.07, 6.45) is 6.98. The zero-order valence-electron chi connectivity index (χ0n) is 12.7. The highest BCUT2D eigenvalue weighted by atomic mass is 16.5. The largest absolute Gasteiger partial charge is 0.378 e. The van der Waals surface area contributed by atoms with E-state index in [1.807, 2.05) is 6.92 Å². The van der Waals surface area contributed by atoms with Crippen molar-refractivity contribution in [2.24, 2.45) is 11.7 Å². The first-order chi connectivity index (χ1) is 8.99. The molecule has 0 spiro atoms. The van der Waals surface area contributed by atoms with Gasteiger partial charge in [-0.25, -0.2) is 0 Å². The molecule has 0 bridgehead atoms. The Morgan fingerprint density at radius 1 is 1.42 bits per heavy atom. The second-order valence-electron chi connectivity index (χ2n) is 6.04. The van der Waals surface area contributed by atoms with Gasteiger partial charge in [-0.05, 0) is 45.1 Å². The number of nitrogens with two attached hydrogens (primary N) is 1. The Labute approximate surface area is 117 Å². The van der Waals surface area contributed by atoms with Crippen LogP contribution in [0.1, 0.15) is 59.3 Å². The second-order valence-corrected chi connectivity index (χ2v) is 6.04. The van der Waals surface area contributed by atoms with Crippen molar-refractivity contribution in [3.8, 4) is 0 Å². The van der Waals surface area contributed by atoms with Crippen LogP contribution in [0.25, 0.3) is 0 Å². The molecule has 1 fully saturated rings. The van der Waals surface area contributed by atoms with E-state index in [9.17, 15) is 4.79 Å². The summed E-state index contributed by atoms with van der Waals surface area (Å²) < 4.78 is 5.97.